The van der Waals surface area contributed by atoms with E-state index >= 15 is 0 Å². The van der Waals surface area contributed by atoms with Gasteiger partial charge >= 0.3 is 0 Å². The lowest BCUT2D eigenvalue weighted by atomic mass is 10.2. The first-order valence-electron chi connectivity index (χ1n) is 6.93. The van der Waals surface area contributed by atoms with Crippen molar-refractivity contribution in [1.82, 2.24) is 10.2 Å². The number of hydrogen-bond acceptors (Lipinski definition) is 2. The van der Waals surface area contributed by atoms with E-state index in [1.165, 1.54) is 58.2 Å². The summed E-state index contributed by atoms with van der Waals surface area (Å²) in [5.41, 5.74) is 0. The van der Waals surface area contributed by atoms with Gasteiger partial charge in [-0.3, -0.25) is 4.90 Å². The molecule has 1 N–H and O–H groups in total. The van der Waals surface area contributed by atoms with E-state index < -0.39 is 0 Å². The topological polar surface area (TPSA) is 15.3 Å². The second kappa shape index (κ2) is 8.77. The average Bonchev–Trinajstić information content (AvgIpc) is 3.07. The molecule has 0 aromatic rings. The van der Waals surface area contributed by atoms with Crippen LogP contribution in [0.3, 0.4) is 0 Å². The third kappa shape index (κ3) is 7.02. The van der Waals surface area contributed by atoms with Crippen molar-refractivity contribution in [2.24, 2.45) is 0 Å². The summed E-state index contributed by atoms with van der Waals surface area (Å²) in [7, 11) is 0. The molecular weight excluding hydrogens is 196 g/mol. The summed E-state index contributed by atoms with van der Waals surface area (Å²) in [6.07, 6.45) is 10.1. The van der Waals surface area contributed by atoms with E-state index in [9.17, 15) is 0 Å². The quantitative estimate of drug-likeness (QED) is 0.429. The first kappa shape index (κ1) is 13.7. The Morgan fingerprint density at radius 3 is 2.69 bits per heavy atom. The van der Waals surface area contributed by atoms with Gasteiger partial charge in [0.1, 0.15) is 0 Å². The Bertz CT molecular complexity index is 176. The second-order valence-electron chi connectivity index (χ2n) is 4.88. The minimum atomic E-state index is 0.873. The van der Waals surface area contributed by atoms with E-state index in [2.05, 4.69) is 23.7 Å². The van der Waals surface area contributed by atoms with Crippen LogP contribution in [0.25, 0.3) is 0 Å². The Hall–Kier alpha value is -0.340. The first-order chi connectivity index (χ1) is 7.86. The van der Waals surface area contributed by atoms with Crippen LogP contribution in [0.4, 0.5) is 0 Å². The third-order valence-electron chi connectivity index (χ3n) is 3.09. The summed E-state index contributed by atoms with van der Waals surface area (Å²) >= 11 is 0. The fourth-order valence-electron chi connectivity index (χ4n) is 2.02. The fourth-order valence-corrected chi connectivity index (χ4v) is 2.02. The Balaban J connectivity index is 1.87. The second-order valence-corrected chi connectivity index (χ2v) is 4.88. The maximum absolute atomic E-state index is 3.82. The highest BCUT2D eigenvalue weighted by Gasteiger charge is 2.19. The predicted molar refractivity (Wildman–Crippen MR) is 71.8 cm³/mol. The van der Waals surface area contributed by atoms with Crippen LogP contribution in [-0.4, -0.2) is 37.1 Å². The lowest BCUT2D eigenvalue weighted by Crippen LogP contribution is -2.26. The van der Waals surface area contributed by atoms with Crippen molar-refractivity contribution in [1.29, 1.82) is 0 Å². The molecule has 0 aromatic heterocycles. The Kier molecular flexibility index (Phi) is 7.52. The lowest BCUT2D eigenvalue weighted by Gasteiger charge is -2.19. The van der Waals surface area contributed by atoms with Gasteiger partial charge in [-0.05, 0) is 51.7 Å². The summed E-state index contributed by atoms with van der Waals surface area (Å²) in [6.45, 7) is 10.8. The summed E-state index contributed by atoms with van der Waals surface area (Å²) in [5, 5.41) is 3.57. The zero-order valence-corrected chi connectivity index (χ0v) is 10.9. The smallest absolute Gasteiger partial charge is 0.0160 e. The zero-order valence-electron chi connectivity index (χ0n) is 10.9. The van der Waals surface area contributed by atoms with Crippen LogP contribution >= 0.6 is 0 Å². The van der Waals surface area contributed by atoms with Gasteiger partial charge < -0.3 is 5.32 Å². The van der Waals surface area contributed by atoms with Crippen LogP contribution in [-0.2, 0) is 0 Å². The molecule has 1 rings (SSSR count). The number of unbranched alkanes of at least 4 members (excludes halogenated alkanes) is 2. The van der Waals surface area contributed by atoms with E-state index in [-0.39, 0.29) is 0 Å². The highest BCUT2D eigenvalue weighted by Crippen LogP contribution is 2.18. The van der Waals surface area contributed by atoms with Crippen molar-refractivity contribution in [3.05, 3.63) is 12.7 Å². The van der Waals surface area contributed by atoms with Gasteiger partial charge in [0.15, 0.2) is 0 Å². The maximum atomic E-state index is 3.82. The molecule has 1 aliphatic carbocycles. The molecule has 0 radical (unpaired) electrons. The van der Waals surface area contributed by atoms with Crippen molar-refractivity contribution in [2.45, 2.75) is 51.5 Å². The fraction of sp³-hybridized carbons (Fsp3) is 0.857. The molecule has 2 heteroatoms. The predicted octanol–water partition coefficient (Wildman–Crippen LogP) is 2.81. The number of hydrogen-bond donors (Lipinski definition) is 1. The van der Waals surface area contributed by atoms with Gasteiger partial charge in [-0.15, -0.1) is 6.58 Å². The van der Waals surface area contributed by atoms with Crippen molar-refractivity contribution in [2.75, 3.05) is 26.2 Å². The summed E-state index contributed by atoms with van der Waals surface area (Å²) in [5.74, 6) is 0. The SMILES string of the molecule is C=CCN(CCC)CCCCCNC1CC1. The van der Waals surface area contributed by atoms with Crippen LogP contribution in [0.5, 0.6) is 0 Å². The molecule has 16 heavy (non-hydrogen) atoms. The van der Waals surface area contributed by atoms with E-state index in [1.807, 2.05) is 6.08 Å². The molecule has 0 heterocycles. The lowest BCUT2D eigenvalue weighted by molar-refractivity contribution is 0.295. The third-order valence-corrected chi connectivity index (χ3v) is 3.09. The molecule has 0 amide bonds. The molecule has 1 aliphatic rings. The van der Waals surface area contributed by atoms with E-state index in [0.29, 0.717) is 0 Å². The van der Waals surface area contributed by atoms with Crippen LogP contribution in [0.15, 0.2) is 12.7 Å². The number of nitrogens with zero attached hydrogens (tertiary/aromatic N) is 1. The van der Waals surface area contributed by atoms with Gasteiger partial charge in [0.25, 0.3) is 0 Å². The van der Waals surface area contributed by atoms with Crippen molar-refractivity contribution in [3.63, 3.8) is 0 Å². The van der Waals surface area contributed by atoms with Gasteiger partial charge in [0.05, 0.1) is 0 Å². The van der Waals surface area contributed by atoms with E-state index in [4.69, 9.17) is 0 Å². The first-order valence-corrected chi connectivity index (χ1v) is 6.93. The highest BCUT2D eigenvalue weighted by atomic mass is 15.1. The molecule has 94 valence electrons. The van der Waals surface area contributed by atoms with Gasteiger partial charge in [0.2, 0.25) is 0 Å². The molecule has 0 bridgehead atoms. The number of nitrogens with one attached hydrogen (secondary N) is 1. The standard InChI is InChI=1S/C14H28N2/c1-3-11-16(12-4-2)13-7-5-6-10-15-14-8-9-14/h3,14-15H,1,4-13H2,2H3. The van der Waals surface area contributed by atoms with Crippen molar-refractivity contribution in [3.8, 4) is 0 Å². The Morgan fingerprint density at radius 2 is 2.06 bits per heavy atom. The van der Waals surface area contributed by atoms with E-state index in [0.717, 1.165) is 12.6 Å². The zero-order chi connectivity index (χ0) is 11.6. The van der Waals surface area contributed by atoms with Crippen LogP contribution in [0.2, 0.25) is 0 Å². The molecule has 0 atom stereocenters. The molecule has 0 aromatic carbocycles. The van der Waals surface area contributed by atoms with Crippen molar-refractivity contribution >= 4 is 0 Å². The minimum Gasteiger partial charge on any atom is -0.314 e. The monoisotopic (exact) mass is 224 g/mol. The van der Waals surface area contributed by atoms with Gasteiger partial charge in [-0.2, -0.15) is 0 Å². The van der Waals surface area contributed by atoms with Crippen LogP contribution < -0.4 is 5.32 Å². The molecular formula is C14H28N2. The maximum Gasteiger partial charge on any atom is 0.0160 e. The number of rotatable bonds is 11. The van der Waals surface area contributed by atoms with E-state index in [1.54, 1.807) is 0 Å². The van der Waals surface area contributed by atoms with Gasteiger partial charge in [-0.25, -0.2) is 0 Å². The minimum absolute atomic E-state index is 0.873. The molecule has 0 spiro atoms. The average molecular weight is 224 g/mol. The molecule has 1 saturated carbocycles. The Labute approximate surface area is 101 Å². The normalized spacial score (nSPS) is 15.6. The largest absolute Gasteiger partial charge is 0.314 e. The van der Waals surface area contributed by atoms with Crippen molar-refractivity contribution < 1.29 is 0 Å². The summed E-state index contributed by atoms with van der Waals surface area (Å²) in [6, 6.07) is 0.873. The van der Waals surface area contributed by atoms with Crippen LogP contribution in [0.1, 0.15) is 45.4 Å². The molecule has 2 nitrogen and oxygen atoms in total. The molecule has 0 unspecified atom stereocenters. The Morgan fingerprint density at radius 1 is 1.25 bits per heavy atom. The van der Waals surface area contributed by atoms with Gasteiger partial charge in [-0.1, -0.05) is 19.4 Å². The summed E-state index contributed by atoms with van der Waals surface area (Å²) in [4.78, 5) is 2.50. The molecule has 1 fully saturated rings. The highest BCUT2D eigenvalue weighted by molar-refractivity contribution is 4.80. The molecule has 0 aliphatic heterocycles. The van der Waals surface area contributed by atoms with Crippen LogP contribution in [0, 0.1) is 0 Å². The molecule has 0 saturated heterocycles. The summed E-state index contributed by atoms with van der Waals surface area (Å²) < 4.78 is 0. The van der Waals surface area contributed by atoms with Gasteiger partial charge in [0, 0.05) is 12.6 Å².